The maximum absolute atomic E-state index is 12.0. The first-order valence-corrected chi connectivity index (χ1v) is 7.45. The highest BCUT2D eigenvalue weighted by atomic mass is 35.5. The molecule has 0 heterocycles. The van der Waals surface area contributed by atoms with Crippen molar-refractivity contribution in [2.75, 3.05) is 11.9 Å². The molecule has 0 aliphatic carbocycles. The van der Waals surface area contributed by atoms with Gasteiger partial charge in [-0.3, -0.25) is 5.32 Å². The summed E-state index contributed by atoms with van der Waals surface area (Å²) in [7, 11) is 0. The summed E-state index contributed by atoms with van der Waals surface area (Å²) in [6, 6.07) is 0. The van der Waals surface area contributed by atoms with Gasteiger partial charge in [-0.05, 0) is 58.2 Å². The van der Waals surface area contributed by atoms with Crippen molar-refractivity contribution in [1.82, 2.24) is 0 Å². The van der Waals surface area contributed by atoms with Crippen LogP contribution in [0.5, 0.6) is 5.75 Å². The van der Waals surface area contributed by atoms with E-state index in [9.17, 15) is 9.59 Å². The number of ether oxygens (including phenoxy) is 2. The molecule has 0 saturated carbocycles. The van der Waals surface area contributed by atoms with Gasteiger partial charge in [0.1, 0.15) is 11.4 Å². The number of hydrogen-bond acceptors (Lipinski definition) is 4. The highest BCUT2D eigenvalue weighted by Crippen LogP contribution is 2.39. The molecule has 0 aromatic heterocycles. The van der Waals surface area contributed by atoms with Crippen LogP contribution in [0.4, 0.5) is 10.5 Å². The van der Waals surface area contributed by atoms with Gasteiger partial charge in [0.25, 0.3) is 0 Å². The van der Waals surface area contributed by atoms with Gasteiger partial charge < -0.3 is 14.6 Å². The van der Waals surface area contributed by atoms with Crippen LogP contribution < -0.4 is 10.1 Å². The molecule has 0 fully saturated rings. The van der Waals surface area contributed by atoms with Gasteiger partial charge in [-0.2, -0.15) is 0 Å². The molecule has 23 heavy (non-hydrogen) atoms. The van der Waals surface area contributed by atoms with E-state index in [0.29, 0.717) is 22.6 Å². The molecule has 1 amide bonds. The summed E-state index contributed by atoms with van der Waals surface area (Å²) in [5.74, 6) is -0.787. The molecule has 1 rings (SSSR count). The molecule has 0 aliphatic heterocycles. The fraction of sp³-hybridized carbons (Fsp3) is 0.500. The minimum atomic E-state index is -1.09. The first-order valence-electron chi connectivity index (χ1n) is 7.08. The van der Waals surface area contributed by atoms with Crippen molar-refractivity contribution in [3.05, 3.63) is 21.7 Å². The summed E-state index contributed by atoms with van der Waals surface area (Å²) >= 11 is 6.27. The van der Waals surface area contributed by atoms with Crippen molar-refractivity contribution < 1.29 is 24.2 Å². The molecule has 2 N–H and O–H groups in total. The van der Waals surface area contributed by atoms with Crippen molar-refractivity contribution in [2.24, 2.45) is 0 Å². The maximum Gasteiger partial charge on any atom is 0.412 e. The van der Waals surface area contributed by atoms with Gasteiger partial charge in [-0.15, -0.1) is 0 Å². The van der Waals surface area contributed by atoms with E-state index in [1.165, 1.54) is 0 Å². The second-order valence-electron chi connectivity index (χ2n) is 6.20. The standard InChI is InChI=1S/C16H22ClNO5/c1-8-9(2)14(22-7-11(19)20)12(17)10(3)13(8)18-15(21)23-16(4,5)6/h7H2,1-6H3,(H,18,21)(H,19,20). The largest absolute Gasteiger partial charge is 0.480 e. The number of carboxylic acid groups (broad SMARTS) is 1. The molecule has 128 valence electrons. The smallest absolute Gasteiger partial charge is 0.412 e. The van der Waals surface area contributed by atoms with Crippen LogP contribution in [0, 0.1) is 20.8 Å². The van der Waals surface area contributed by atoms with Crippen molar-refractivity contribution in [2.45, 2.75) is 47.1 Å². The van der Waals surface area contributed by atoms with E-state index >= 15 is 0 Å². The molecule has 0 atom stereocenters. The summed E-state index contributed by atoms with van der Waals surface area (Å²) in [5.41, 5.74) is 1.89. The van der Waals surface area contributed by atoms with Crippen LogP contribution in [0.1, 0.15) is 37.5 Å². The fourth-order valence-corrected chi connectivity index (χ4v) is 2.27. The molecular formula is C16H22ClNO5. The van der Waals surface area contributed by atoms with Crippen molar-refractivity contribution in [1.29, 1.82) is 0 Å². The number of benzene rings is 1. The lowest BCUT2D eigenvalue weighted by atomic mass is 10.0. The Morgan fingerprint density at radius 1 is 1.13 bits per heavy atom. The molecule has 0 bridgehead atoms. The first-order chi connectivity index (χ1) is 10.4. The summed E-state index contributed by atoms with van der Waals surface area (Å²) in [6.45, 7) is 10.1. The predicted octanol–water partition coefficient (Wildman–Crippen LogP) is 4.08. The molecule has 1 aromatic rings. The van der Waals surface area contributed by atoms with Gasteiger partial charge in [-0.25, -0.2) is 9.59 Å². The van der Waals surface area contributed by atoms with E-state index in [1.54, 1.807) is 41.5 Å². The van der Waals surface area contributed by atoms with Gasteiger partial charge in [0.05, 0.1) is 10.7 Å². The number of carbonyl (C=O) groups is 2. The number of amides is 1. The summed E-state index contributed by atoms with van der Waals surface area (Å²) in [4.78, 5) is 22.6. The van der Waals surface area contributed by atoms with Crippen LogP contribution in [0.3, 0.4) is 0 Å². The van der Waals surface area contributed by atoms with Crippen molar-refractivity contribution in [3.63, 3.8) is 0 Å². The lowest BCUT2D eigenvalue weighted by Gasteiger charge is -2.23. The normalized spacial score (nSPS) is 11.1. The minimum Gasteiger partial charge on any atom is -0.480 e. The van der Waals surface area contributed by atoms with Crippen LogP contribution in [-0.2, 0) is 9.53 Å². The number of hydrogen-bond donors (Lipinski definition) is 2. The second kappa shape index (κ2) is 7.08. The van der Waals surface area contributed by atoms with E-state index in [4.69, 9.17) is 26.2 Å². The maximum atomic E-state index is 12.0. The molecule has 6 nitrogen and oxygen atoms in total. The average molecular weight is 344 g/mol. The molecule has 0 aliphatic rings. The Labute approximate surface area is 140 Å². The van der Waals surface area contributed by atoms with Crippen LogP contribution >= 0.6 is 11.6 Å². The third-order valence-corrected chi connectivity index (χ3v) is 3.60. The molecule has 0 spiro atoms. The van der Waals surface area contributed by atoms with Gasteiger partial charge >= 0.3 is 12.1 Å². The second-order valence-corrected chi connectivity index (χ2v) is 6.58. The number of halogens is 1. The van der Waals surface area contributed by atoms with Gasteiger partial charge in [-0.1, -0.05) is 11.6 Å². The number of carbonyl (C=O) groups excluding carboxylic acids is 1. The molecule has 0 unspecified atom stereocenters. The summed E-state index contributed by atoms with van der Waals surface area (Å²) in [6.07, 6.45) is -0.585. The zero-order chi connectivity index (χ0) is 17.9. The van der Waals surface area contributed by atoms with E-state index in [0.717, 1.165) is 5.56 Å². The molecule has 7 heteroatoms. The number of rotatable bonds is 4. The Balaban J connectivity index is 3.16. The van der Waals surface area contributed by atoms with E-state index in [2.05, 4.69) is 5.32 Å². The minimum absolute atomic E-state index is 0.264. The Morgan fingerprint density at radius 2 is 1.70 bits per heavy atom. The zero-order valence-electron chi connectivity index (χ0n) is 14.2. The Kier molecular flexibility index (Phi) is 5.88. The van der Waals surface area contributed by atoms with E-state index in [1.807, 2.05) is 0 Å². The first kappa shape index (κ1) is 19.1. The lowest BCUT2D eigenvalue weighted by Crippen LogP contribution is -2.27. The average Bonchev–Trinajstić information content (AvgIpc) is 2.39. The van der Waals surface area contributed by atoms with E-state index < -0.39 is 24.3 Å². The monoisotopic (exact) mass is 343 g/mol. The van der Waals surface area contributed by atoms with Gasteiger partial charge in [0, 0.05) is 0 Å². The van der Waals surface area contributed by atoms with Gasteiger partial charge in [0.2, 0.25) is 0 Å². The molecule has 0 radical (unpaired) electrons. The molecule has 0 saturated heterocycles. The summed E-state index contributed by atoms with van der Waals surface area (Å²) < 4.78 is 10.5. The van der Waals surface area contributed by atoms with Crippen LogP contribution in [-0.4, -0.2) is 29.4 Å². The van der Waals surface area contributed by atoms with Gasteiger partial charge in [0.15, 0.2) is 6.61 Å². The third kappa shape index (κ3) is 5.03. The van der Waals surface area contributed by atoms with E-state index in [-0.39, 0.29) is 5.02 Å². The molecular weight excluding hydrogens is 322 g/mol. The number of nitrogens with one attached hydrogen (secondary N) is 1. The summed E-state index contributed by atoms with van der Waals surface area (Å²) in [5, 5.41) is 11.7. The zero-order valence-corrected chi connectivity index (χ0v) is 14.9. The highest BCUT2D eigenvalue weighted by molar-refractivity contribution is 6.33. The quantitative estimate of drug-likeness (QED) is 0.860. The Hall–Kier alpha value is -1.95. The van der Waals surface area contributed by atoms with Crippen LogP contribution in [0.15, 0.2) is 0 Å². The highest BCUT2D eigenvalue weighted by Gasteiger charge is 2.22. The van der Waals surface area contributed by atoms with Crippen LogP contribution in [0.2, 0.25) is 5.02 Å². The lowest BCUT2D eigenvalue weighted by molar-refractivity contribution is -0.139. The number of anilines is 1. The predicted molar refractivity (Wildman–Crippen MR) is 88.7 cm³/mol. The molecule has 1 aromatic carbocycles. The number of carboxylic acids is 1. The van der Waals surface area contributed by atoms with Crippen molar-refractivity contribution >= 4 is 29.4 Å². The van der Waals surface area contributed by atoms with Crippen LogP contribution in [0.25, 0.3) is 0 Å². The number of aliphatic carboxylic acids is 1. The SMILES string of the molecule is Cc1c(C)c(OCC(=O)O)c(Cl)c(C)c1NC(=O)OC(C)(C)C. The third-order valence-electron chi connectivity index (χ3n) is 3.15. The fourth-order valence-electron chi connectivity index (χ4n) is 1.98. The topological polar surface area (TPSA) is 84.9 Å². The Morgan fingerprint density at radius 3 is 2.17 bits per heavy atom. The van der Waals surface area contributed by atoms with Crippen molar-refractivity contribution in [3.8, 4) is 5.75 Å². The Bertz CT molecular complexity index is 605.